The number of aryl methyl sites for hydroxylation is 1. The third kappa shape index (κ3) is 3.78. The quantitative estimate of drug-likeness (QED) is 0.504. The van der Waals surface area contributed by atoms with E-state index in [9.17, 15) is 18.0 Å². The molecule has 4 rings (SSSR count). The topological polar surface area (TPSA) is 73.0 Å². The number of hydrogen-bond acceptors (Lipinski definition) is 4. The summed E-state index contributed by atoms with van der Waals surface area (Å²) in [6.07, 6.45) is -4.02. The lowest BCUT2D eigenvalue weighted by Crippen LogP contribution is -2.21. The molecule has 154 valence electrons. The fourth-order valence-electron chi connectivity index (χ4n) is 3.23. The summed E-state index contributed by atoms with van der Waals surface area (Å²) in [5.74, 6) is 0.0847. The number of rotatable bonds is 5. The lowest BCUT2D eigenvalue weighted by molar-refractivity contribution is -0.137. The molecule has 2 aromatic carbocycles. The van der Waals surface area contributed by atoms with Crippen LogP contribution in [-0.4, -0.2) is 20.7 Å². The zero-order chi connectivity index (χ0) is 21.3. The summed E-state index contributed by atoms with van der Waals surface area (Å²) in [4.78, 5) is 12.7. The molecule has 0 unspecified atom stereocenters. The summed E-state index contributed by atoms with van der Waals surface area (Å²) in [7, 11) is 0. The Labute approximate surface area is 169 Å². The summed E-state index contributed by atoms with van der Waals surface area (Å²) in [5, 5.41) is 11.2. The van der Waals surface area contributed by atoms with Crippen LogP contribution in [0.1, 0.15) is 18.4 Å². The van der Waals surface area contributed by atoms with Crippen LogP contribution in [0, 0.1) is 0 Å². The number of carbonyl (C=O) groups is 1. The molecule has 30 heavy (non-hydrogen) atoms. The normalized spacial score (nSPS) is 11.7. The number of nitrogens with one attached hydrogen (secondary N) is 1. The van der Waals surface area contributed by atoms with Gasteiger partial charge < -0.3 is 14.3 Å². The third-order valence-electron chi connectivity index (χ3n) is 4.61. The molecule has 2 aromatic heterocycles. The third-order valence-corrected chi connectivity index (χ3v) is 4.61. The Morgan fingerprint density at radius 2 is 1.83 bits per heavy atom. The predicted molar refractivity (Wildman–Crippen MR) is 105 cm³/mol. The maximum atomic E-state index is 13.2. The Balaban J connectivity index is 1.69. The zero-order valence-electron chi connectivity index (χ0n) is 15.9. The van der Waals surface area contributed by atoms with Crippen molar-refractivity contribution in [3.63, 3.8) is 0 Å². The number of amides is 1. The van der Waals surface area contributed by atoms with E-state index >= 15 is 0 Å². The minimum atomic E-state index is -4.57. The summed E-state index contributed by atoms with van der Waals surface area (Å²) >= 11 is 0. The van der Waals surface area contributed by atoms with Crippen molar-refractivity contribution in [2.75, 3.05) is 5.32 Å². The van der Waals surface area contributed by atoms with Crippen LogP contribution in [0.15, 0.2) is 59.0 Å². The van der Waals surface area contributed by atoms with Crippen molar-refractivity contribution < 1.29 is 22.4 Å². The van der Waals surface area contributed by atoms with Gasteiger partial charge in [-0.25, -0.2) is 0 Å². The van der Waals surface area contributed by atoms with E-state index in [0.29, 0.717) is 18.0 Å². The van der Waals surface area contributed by atoms with Crippen molar-refractivity contribution >= 4 is 22.5 Å². The zero-order valence-corrected chi connectivity index (χ0v) is 15.9. The molecule has 9 heteroatoms. The summed E-state index contributed by atoms with van der Waals surface area (Å²) in [5.41, 5.74) is 0.0464. The average Bonchev–Trinajstić information content (AvgIpc) is 3.32. The van der Waals surface area contributed by atoms with Crippen LogP contribution in [0.2, 0.25) is 0 Å². The lowest BCUT2D eigenvalue weighted by Gasteiger charge is -2.14. The Bertz CT molecular complexity index is 1210. The van der Waals surface area contributed by atoms with Crippen molar-refractivity contribution in [1.82, 2.24) is 14.8 Å². The fraction of sp³-hybridized carbons (Fsp3) is 0.190. The smallest absolute Gasteiger partial charge is 0.418 e. The Morgan fingerprint density at radius 1 is 1.10 bits per heavy atom. The summed E-state index contributed by atoms with van der Waals surface area (Å²) in [6.45, 7) is 1.65. The first-order valence-corrected chi connectivity index (χ1v) is 9.24. The molecule has 0 aliphatic carbocycles. The Hall–Kier alpha value is -3.62. The number of fused-ring (bicyclic) bond motifs is 1. The van der Waals surface area contributed by atoms with Gasteiger partial charge in [-0.3, -0.25) is 4.79 Å². The summed E-state index contributed by atoms with van der Waals surface area (Å²) in [6, 6.07) is 14.0. The monoisotopic (exact) mass is 414 g/mol. The molecule has 0 atom stereocenters. The fourth-order valence-corrected chi connectivity index (χ4v) is 3.23. The molecule has 0 spiro atoms. The van der Waals surface area contributed by atoms with E-state index in [4.69, 9.17) is 4.42 Å². The molecule has 0 saturated carbocycles. The number of alkyl halides is 3. The number of aromatic nitrogens is 3. The standard InChI is InChI=1S/C21H17F3N4O2/c1-2-19-26-27-20(30-19)17-11-13-7-3-6-10-16(13)28(17)12-18(29)25-15-9-5-4-8-14(15)21(22,23)24/h3-11H,2,12H2,1H3,(H,25,29). The second kappa shape index (κ2) is 7.66. The number of anilines is 1. The van der Waals surface area contributed by atoms with E-state index in [1.54, 1.807) is 10.6 Å². The highest BCUT2D eigenvalue weighted by molar-refractivity contribution is 5.94. The van der Waals surface area contributed by atoms with Gasteiger partial charge in [-0.15, -0.1) is 10.2 Å². The van der Waals surface area contributed by atoms with Gasteiger partial charge in [0.1, 0.15) is 12.2 Å². The van der Waals surface area contributed by atoms with E-state index < -0.39 is 17.6 Å². The van der Waals surface area contributed by atoms with Crippen LogP contribution in [0.4, 0.5) is 18.9 Å². The predicted octanol–water partition coefficient (Wildman–Crippen LogP) is 4.91. The highest BCUT2D eigenvalue weighted by Gasteiger charge is 2.33. The van der Waals surface area contributed by atoms with Crippen molar-refractivity contribution in [3.05, 3.63) is 66.1 Å². The highest BCUT2D eigenvalue weighted by Crippen LogP contribution is 2.34. The molecular weight excluding hydrogens is 397 g/mol. The SMILES string of the molecule is CCc1nnc(-c2cc3ccccc3n2CC(=O)Nc2ccccc2C(F)(F)F)o1. The Kier molecular flexibility index (Phi) is 5.03. The molecule has 0 fully saturated rings. The molecule has 0 saturated heterocycles. The number of carbonyl (C=O) groups excluding carboxylic acids is 1. The second-order valence-corrected chi connectivity index (χ2v) is 6.62. The molecule has 1 amide bonds. The van der Waals surface area contributed by atoms with Gasteiger partial charge in [-0.2, -0.15) is 13.2 Å². The van der Waals surface area contributed by atoms with E-state index in [-0.39, 0.29) is 18.1 Å². The molecule has 0 aliphatic heterocycles. The van der Waals surface area contributed by atoms with Crippen molar-refractivity contribution in [2.45, 2.75) is 26.1 Å². The van der Waals surface area contributed by atoms with Gasteiger partial charge in [-0.05, 0) is 24.3 Å². The maximum Gasteiger partial charge on any atom is 0.418 e. The van der Waals surface area contributed by atoms with Gasteiger partial charge in [0.25, 0.3) is 5.89 Å². The molecule has 4 aromatic rings. The van der Waals surface area contributed by atoms with Crippen LogP contribution in [0.25, 0.3) is 22.5 Å². The maximum absolute atomic E-state index is 13.2. The highest BCUT2D eigenvalue weighted by atomic mass is 19.4. The Morgan fingerprint density at radius 3 is 2.57 bits per heavy atom. The second-order valence-electron chi connectivity index (χ2n) is 6.62. The number of nitrogens with zero attached hydrogens (tertiary/aromatic N) is 3. The molecule has 0 radical (unpaired) electrons. The van der Waals surface area contributed by atoms with E-state index in [2.05, 4.69) is 15.5 Å². The van der Waals surface area contributed by atoms with Gasteiger partial charge in [-0.1, -0.05) is 37.3 Å². The van der Waals surface area contributed by atoms with Crippen molar-refractivity contribution in [3.8, 4) is 11.6 Å². The average molecular weight is 414 g/mol. The molecule has 0 bridgehead atoms. The largest absolute Gasteiger partial charge is 0.419 e. The summed E-state index contributed by atoms with van der Waals surface area (Å²) < 4.78 is 46.9. The van der Waals surface area contributed by atoms with Crippen LogP contribution >= 0.6 is 0 Å². The van der Waals surface area contributed by atoms with Crippen LogP contribution < -0.4 is 5.32 Å². The van der Waals surface area contributed by atoms with Crippen LogP contribution in [-0.2, 0) is 23.9 Å². The van der Waals surface area contributed by atoms with E-state index in [0.717, 1.165) is 17.0 Å². The lowest BCUT2D eigenvalue weighted by atomic mass is 10.1. The molecular formula is C21H17F3N4O2. The molecule has 0 aliphatic rings. The van der Waals surface area contributed by atoms with Gasteiger partial charge in [0.2, 0.25) is 11.8 Å². The number of halogens is 3. The molecule has 6 nitrogen and oxygen atoms in total. The van der Waals surface area contributed by atoms with Crippen molar-refractivity contribution in [2.24, 2.45) is 0 Å². The van der Waals surface area contributed by atoms with Gasteiger partial charge in [0, 0.05) is 17.3 Å². The van der Waals surface area contributed by atoms with E-state index in [1.807, 2.05) is 31.2 Å². The first-order valence-electron chi connectivity index (χ1n) is 9.24. The minimum Gasteiger partial charge on any atom is -0.419 e. The van der Waals surface area contributed by atoms with Gasteiger partial charge >= 0.3 is 6.18 Å². The number of hydrogen-bond donors (Lipinski definition) is 1. The van der Waals surface area contributed by atoms with Crippen molar-refractivity contribution in [1.29, 1.82) is 0 Å². The number of para-hydroxylation sites is 2. The van der Waals surface area contributed by atoms with Crippen LogP contribution in [0.3, 0.4) is 0 Å². The minimum absolute atomic E-state index is 0.223. The molecule has 2 heterocycles. The first-order chi connectivity index (χ1) is 14.4. The van der Waals surface area contributed by atoms with Gasteiger partial charge in [0.15, 0.2) is 0 Å². The number of benzene rings is 2. The first kappa shape index (κ1) is 19.7. The molecule has 1 N–H and O–H groups in total. The van der Waals surface area contributed by atoms with Gasteiger partial charge in [0.05, 0.1) is 11.3 Å². The van der Waals surface area contributed by atoms with Crippen LogP contribution in [0.5, 0.6) is 0 Å². The van der Waals surface area contributed by atoms with E-state index in [1.165, 1.54) is 18.2 Å².